The van der Waals surface area contributed by atoms with Crippen LogP contribution >= 0.6 is 27.7 Å². The summed E-state index contributed by atoms with van der Waals surface area (Å²) in [5, 5.41) is 8.67. The lowest BCUT2D eigenvalue weighted by molar-refractivity contribution is -0.118. The first-order valence-corrected chi connectivity index (χ1v) is 9.26. The fourth-order valence-electron chi connectivity index (χ4n) is 2.20. The van der Waals surface area contributed by atoms with Gasteiger partial charge >= 0.3 is 0 Å². The number of hydrogen-bond donors (Lipinski definition) is 1. The quantitative estimate of drug-likeness (QED) is 0.533. The predicted molar refractivity (Wildman–Crippen MR) is 97.0 cm³/mol. The maximum absolute atomic E-state index is 12.5. The second-order valence-corrected chi connectivity index (χ2v) is 7.46. The van der Waals surface area contributed by atoms with Crippen LogP contribution in [0.1, 0.15) is 36.5 Å². The lowest BCUT2D eigenvalue weighted by Gasteiger charge is -2.11. The van der Waals surface area contributed by atoms with Crippen molar-refractivity contribution < 1.29 is 9.59 Å². The van der Waals surface area contributed by atoms with Crippen LogP contribution in [0.15, 0.2) is 33.9 Å². The molecule has 1 aromatic heterocycles. The van der Waals surface area contributed by atoms with E-state index in [1.165, 1.54) is 11.8 Å². The minimum absolute atomic E-state index is 0.0387. The maximum Gasteiger partial charge on any atom is 0.217 e. The molecule has 2 N–H and O–H groups in total. The third-order valence-corrected chi connectivity index (χ3v) is 5.09. The van der Waals surface area contributed by atoms with Crippen molar-refractivity contribution in [3.05, 3.63) is 40.1 Å². The number of benzene rings is 1. The SMILES string of the molecule is CCn1c(CCC(N)=O)nnc1S[C@@H](C)C(=O)c1ccc(Br)cc1. The van der Waals surface area contributed by atoms with Crippen molar-refractivity contribution in [1.82, 2.24) is 14.8 Å². The van der Waals surface area contributed by atoms with Crippen LogP contribution in [0, 0.1) is 0 Å². The number of ketones is 1. The summed E-state index contributed by atoms with van der Waals surface area (Å²) < 4.78 is 2.85. The predicted octanol–water partition coefficient (Wildman–Crippen LogP) is 2.84. The zero-order chi connectivity index (χ0) is 17.7. The fraction of sp³-hybridized carbons (Fsp3) is 0.375. The van der Waals surface area contributed by atoms with E-state index in [0.717, 1.165) is 4.47 Å². The topological polar surface area (TPSA) is 90.9 Å². The van der Waals surface area contributed by atoms with Crippen molar-refractivity contribution in [1.29, 1.82) is 0 Å². The number of nitrogens with zero attached hydrogens (tertiary/aromatic N) is 3. The molecule has 0 radical (unpaired) electrons. The molecule has 1 atom stereocenters. The lowest BCUT2D eigenvalue weighted by atomic mass is 10.1. The summed E-state index contributed by atoms with van der Waals surface area (Å²) in [7, 11) is 0. The van der Waals surface area contributed by atoms with Crippen molar-refractivity contribution in [3.63, 3.8) is 0 Å². The molecule has 0 saturated heterocycles. The summed E-state index contributed by atoms with van der Waals surface area (Å²) in [5.74, 6) is 0.382. The summed E-state index contributed by atoms with van der Waals surface area (Å²) in [4.78, 5) is 23.5. The number of nitrogens with two attached hydrogens (primary N) is 1. The molecule has 0 bridgehead atoms. The molecule has 0 fully saturated rings. The van der Waals surface area contributed by atoms with Gasteiger partial charge in [0, 0.05) is 29.4 Å². The summed E-state index contributed by atoms with van der Waals surface area (Å²) in [6.45, 7) is 4.50. The molecule has 1 amide bonds. The molecule has 128 valence electrons. The van der Waals surface area contributed by atoms with Crippen molar-refractivity contribution in [2.24, 2.45) is 5.73 Å². The van der Waals surface area contributed by atoms with E-state index in [0.29, 0.717) is 29.5 Å². The summed E-state index contributed by atoms with van der Waals surface area (Å²) in [6, 6.07) is 7.29. The van der Waals surface area contributed by atoms with Crippen LogP contribution in [-0.2, 0) is 17.8 Å². The molecule has 24 heavy (non-hydrogen) atoms. The Kier molecular flexibility index (Phi) is 6.56. The molecule has 0 saturated carbocycles. The van der Waals surface area contributed by atoms with Gasteiger partial charge in [-0.1, -0.05) is 39.8 Å². The Balaban J connectivity index is 2.10. The average molecular weight is 411 g/mol. The monoisotopic (exact) mass is 410 g/mol. The number of halogens is 1. The number of thioether (sulfide) groups is 1. The number of carbonyl (C=O) groups excluding carboxylic acids is 2. The average Bonchev–Trinajstić information content (AvgIpc) is 2.94. The lowest BCUT2D eigenvalue weighted by Crippen LogP contribution is -2.15. The molecule has 8 heteroatoms. The Bertz CT molecular complexity index is 730. The zero-order valence-electron chi connectivity index (χ0n) is 13.5. The van der Waals surface area contributed by atoms with E-state index in [1.807, 2.05) is 30.5 Å². The van der Waals surface area contributed by atoms with Crippen LogP contribution < -0.4 is 5.73 Å². The molecule has 0 aliphatic carbocycles. The first-order valence-electron chi connectivity index (χ1n) is 7.59. The summed E-state index contributed by atoms with van der Waals surface area (Å²) in [5.41, 5.74) is 5.85. The molecule has 1 heterocycles. The first-order chi connectivity index (χ1) is 11.4. The molecule has 0 aliphatic rings. The first kappa shape index (κ1) is 18.7. The van der Waals surface area contributed by atoms with Gasteiger partial charge in [-0.2, -0.15) is 0 Å². The molecule has 0 unspecified atom stereocenters. The number of hydrogen-bond acceptors (Lipinski definition) is 5. The Hall–Kier alpha value is -1.67. The van der Waals surface area contributed by atoms with Gasteiger partial charge in [-0.25, -0.2) is 0 Å². The van der Waals surface area contributed by atoms with Crippen molar-refractivity contribution in [3.8, 4) is 0 Å². The second kappa shape index (κ2) is 8.43. The molecule has 1 aromatic carbocycles. The molecule has 0 spiro atoms. The maximum atomic E-state index is 12.5. The summed E-state index contributed by atoms with van der Waals surface area (Å²) in [6.07, 6.45) is 0.682. The van der Waals surface area contributed by atoms with Crippen LogP contribution in [0.5, 0.6) is 0 Å². The van der Waals surface area contributed by atoms with Crippen LogP contribution in [0.4, 0.5) is 0 Å². The normalized spacial score (nSPS) is 12.1. The van der Waals surface area contributed by atoms with Gasteiger partial charge in [0.05, 0.1) is 5.25 Å². The fourth-order valence-corrected chi connectivity index (χ4v) is 3.48. The van der Waals surface area contributed by atoms with Gasteiger partial charge < -0.3 is 10.3 Å². The van der Waals surface area contributed by atoms with E-state index in [-0.39, 0.29) is 23.4 Å². The van der Waals surface area contributed by atoms with E-state index in [1.54, 1.807) is 12.1 Å². The molecule has 6 nitrogen and oxygen atoms in total. The number of rotatable bonds is 8. The van der Waals surface area contributed by atoms with Crippen molar-refractivity contribution >= 4 is 39.4 Å². The number of amides is 1. The number of aryl methyl sites for hydroxylation is 1. The van der Waals surface area contributed by atoms with E-state index in [2.05, 4.69) is 26.1 Å². The van der Waals surface area contributed by atoms with Crippen LogP contribution in [0.3, 0.4) is 0 Å². The highest BCUT2D eigenvalue weighted by Crippen LogP contribution is 2.25. The van der Waals surface area contributed by atoms with Gasteiger partial charge in [0.1, 0.15) is 5.82 Å². The molecule has 2 rings (SSSR count). The highest BCUT2D eigenvalue weighted by Gasteiger charge is 2.21. The van der Waals surface area contributed by atoms with Crippen molar-refractivity contribution in [2.75, 3.05) is 0 Å². The van der Waals surface area contributed by atoms with E-state index >= 15 is 0 Å². The number of primary amides is 1. The molecular weight excluding hydrogens is 392 g/mol. The highest BCUT2D eigenvalue weighted by atomic mass is 79.9. The van der Waals surface area contributed by atoms with Gasteiger partial charge in [-0.05, 0) is 26.0 Å². The number of Topliss-reactive ketones (excluding diaryl/α,β-unsaturated/α-hetero) is 1. The van der Waals surface area contributed by atoms with Gasteiger partial charge in [0.15, 0.2) is 10.9 Å². The Morgan fingerprint density at radius 1 is 1.29 bits per heavy atom. The standard InChI is InChI=1S/C16H19BrN4O2S/c1-3-21-14(9-8-13(18)22)19-20-16(21)24-10(2)15(23)11-4-6-12(17)7-5-11/h4-7,10H,3,8-9H2,1-2H3,(H2,18,22)/t10-/m0/s1. The van der Waals surface area contributed by atoms with Gasteiger partial charge in [0.2, 0.25) is 5.91 Å². The smallest absolute Gasteiger partial charge is 0.217 e. The molecular formula is C16H19BrN4O2S. The number of carbonyl (C=O) groups is 2. The third-order valence-electron chi connectivity index (χ3n) is 3.48. The van der Waals surface area contributed by atoms with Crippen LogP contribution in [0.25, 0.3) is 0 Å². The molecule has 2 aromatic rings. The highest BCUT2D eigenvalue weighted by molar-refractivity contribution is 9.10. The zero-order valence-corrected chi connectivity index (χ0v) is 15.9. The molecule has 0 aliphatic heterocycles. The van der Waals surface area contributed by atoms with Gasteiger partial charge in [0.25, 0.3) is 0 Å². The Morgan fingerprint density at radius 3 is 2.54 bits per heavy atom. The largest absolute Gasteiger partial charge is 0.370 e. The van der Waals surface area contributed by atoms with E-state index < -0.39 is 0 Å². The third kappa shape index (κ3) is 4.67. The van der Waals surface area contributed by atoms with Gasteiger partial charge in [-0.3, -0.25) is 9.59 Å². The van der Waals surface area contributed by atoms with Crippen LogP contribution in [0.2, 0.25) is 0 Å². The summed E-state index contributed by atoms with van der Waals surface area (Å²) >= 11 is 4.73. The van der Waals surface area contributed by atoms with Crippen molar-refractivity contribution in [2.45, 2.75) is 43.6 Å². The number of aromatic nitrogens is 3. The van der Waals surface area contributed by atoms with Gasteiger partial charge in [-0.15, -0.1) is 10.2 Å². The second-order valence-electron chi connectivity index (χ2n) is 5.24. The minimum Gasteiger partial charge on any atom is -0.370 e. The van der Waals surface area contributed by atoms with E-state index in [4.69, 9.17) is 5.73 Å². The Morgan fingerprint density at radius 2 is 1.96 bits per heavy atom. The van der Waals surface area contributed by atoms with E-state index in [9.17, 15) is 9.59 Å². The van der Waals surface area contributed by atoms with Crippen LogP contribution in [-0.4, -0.2) is 31.7 Å². The Labute approximate surface area is 153 Å². The minimum atomic E-state index is -0.367.